The summed E-state index contributed by atoms with van der Waals surface area (Å²) in [6.07, 6.45) is 12.8. The maximum atomic E-state index is 8.60. The highest BCUT2D eigenvalue weighted by Crippen LogP contribution is 2.02. The average Bonchev–Trinajstić information content (AvgIpc) is 2.35. The molecule has 0 fully saturated rings. The first-order chi connectivity index (χ1) is 8.41. The van der Waals surface area contributed by atoms with Crippen molar-refractivity contribution in [2.24, 2.45) is 0 Å². The lowest BCUT2D eigenvalue weighted by atomic mass is 10.1. The first-order valence-electron chi connectivity index (χ1n) is 6.66. The molecular weight excluding hydrogens is 208 g/mol. The summed E-state index contributed by atoms with van der Waals surface area (Å²) in [7, 11) is 0. The van der Waals surface area contributed by atoms with Crippen LogP contribution in [0.25, 0.3) is 0 Å². The van der Waals surface area contributed by atoms with Crippen molar-refractivity contribution in [1.29, 1.82) is 0 Å². The normalized spacial score (nSPS) is 9.53. The van der Waals surface area contributed by atoms with Crippen molar-refractivity contribution in [3.8, 4) is 23.7 Å². The summed E-state index contributed by atoms with van der Waals surface area (Å²) in [5.41, 5.74) is 0. The first kappa shape index (κ1) is 15.8. The third-order valence-corrected chi connectivity index (χ3v) is 2.36. The highest BCUT2D eigenvalue weighted by atomic mass is 16.2. The van der Waals surface area contributed by atoms with E-state index in [0.717, 1.165) is 25.7 Å². The van der Waals surface area contributed by atoms with Crippen molar-refractivity contribution < 1.29 is 5.11 Å². The van der Waals surface area contributed by atoms with Gasteiger partial charge in [0, 0.05) is 13.0 Å². The molecule has 0 radical (unpaired) electrons. The summed E-state index contributed by atoms with van der Waals surface area (Å²) < 4.78 is 0. The van der Waals surface area contributed by atoms with Gasteiger partial charge in [0.05, 0.1) is 0 Å². The quantitative estimate of drug-likeness (QED) is 0.500. The van der Waals surface area contributed by atoms with Gasteiger partial charge in [0.1, 0.15) is 0 Å². The molecule has 0 aliphatic carbocycles. The van der Waals surface area contributed by atoms with Crippen molar-refractivity contribution in [3.05, 3.63) is 12.2 Å². The van der Waals surface area contributed by atoms with Crippen molar-refractivity contribution in [1.82, 2.24) is 0 Å². The highest BCUT2D eigenvalue weighted by Gasteiger charge is 1.85. The van der Waals surface area contributed by atoms with E-state index in [2.05, 4.69) is 36.7 Å². The number of hydrogen-bond donors (Lipinski definition) is 1. The van der Waals surface area contributed by atoms with Crippen LogP contribution in [0.2, 0.25) is 0 Å². The largest absolute Gasteiger partial charge is 0.396 e. The van der Waals surface area contributed by atoms with E-state index in [9.17, 15) is 0 Å². The fraction of sp³-hybridized carbons (Fsp3) is 0.625. The molecular formula is C16H24O. The fourth-order valence-corrected chi connectivity index (χ4v) is 1.32. The second kappa shape index (κ2) is 14.8. The Morgan fingerprint density at radius 1 is 1.00 bits per heavy atom. The van der Waals surface area contributed by atoms with E-state index >= 15 is 0 Å². The Morgan fingerprint density at radius 2 is 1.82 bits per heavy atom. The molecule has 0 aromatic rings. The highest BCUT2D eigenvalue weighted by molar-refractivity contribution is 5.30. The van der Waals surface area contributed by atoms with Crippen molar-refractivity contribution in [2.75, 3.05) is 6.61 Å². The van der Waals surface area contributed by atoms with Gasteiger partial charge < -0.3 is 5.11 Å². The monoisotopic (exact) mass is 232 g/mol. The summed E-state index contributed by atoms with van der Waals surface area (Å²) in [6.45, 7) is 2.48. The van der Waals surface area contributed by atoms with Crippen LogP contribution in [0, 0.1) is 23.7 Å². The number of unbranched alkanes of at least 4 members (excludes halogenated alkanes) is 6. The molecule has 0 atom stereocenters. The van der Waals surface area contributed by atoms with Gasteiger partial charge in [0.25, 0.3) is 0 Å². The molecule has 94 valence electrons. The Balaban J connectivity index is 3.39. The molecule has 0 rings (SSSR count). The van der Waals surface area contributed by atoms with E-state index in [1.54, 1.807) is 0 Å². The van der Waals surface area contributed by atoms with Crippen LogP contribution in [0.15, 0.2) is 12.2 Å². The molecule has 0 aliphatic heterocycles. The maximum absolute atomic E-state index is 8.60. The molecule has 0 aromatic heterocycles. The molecule has 1 nitrogen and oxygen atoms in total. The molecule has 0 bridgehead atoms. The SMILES string of the molecule is CCCCC#CC#C/C=C\CCCCCCO. The van der Waals surface area contributed by atoms with E-state index in [-0.39, 0.29) is 0 Å². The summed E-state index contributed by atoms with van der Waals surface area (Å²) in [6, 6.07) is 0. The third kappa shape index (κ3) is 14.8. The summed E-state index contributed by atoms with van der Waals surface area (Å²) in [5.74, 6) is 11.6. The molecule has 0 saturated heterocycles. The Hall–Kier alpha value is -1.18. The lowest BCUT2D eigenvalue weighted by Gasteiger charge is -1.94. The van der Waals surface area contributed by atoms with Crippen LogP contribution in [0.5, 0.6) is 0 Å². The van der Waals surface area contributed by atoms with Crippen molar-refractivity contribution >= 4 is 0 Å². The minimum atomic E-state index is 0.317. The number of hydrogen-bond acceptors (Lipinski definition) is 1. The van der Waals surface area contributed by atoms with Gasteiger partial charge in [0.2, 0.25) is 0 Å². The maximum Gasteiger partial charge on any atom is 0.0431 e. The van der Waals surface area contributed by atoms with Gasteiger partial charge in [-0.3, -0.25) is 0 Å². The van der Waals surface area contributed by atoms with Gasteiger partial charge in [-0.05, 0) is 43.6 Å². The molecule has 1 heteroatoms. The predicted molar refractivity (Wildman–Crippen MR) is 74.4 cm³/mol. The molecule has 0 aliphatic rings. The fourth-order valence-electron chi connectivity index (χ4n) is 1.32. The van der Waals surface area contributed by atoms with E-state index < -0.39 is 0 Å². The smallest absolute Gasteiger partial charge is 0.0431 e. The molecule has 0 heterocycles. The van der Waals surface area contributed by atoms with Gasteiger partial charge in [0.15, 0.2) is 0 Å². The molecule has 0 spiro atoms. The lowest BCUT2D eigenvalue weighted by Crippen LogP contribution is -1.82. The Kier molecular flexibility index (Phi) is 13.8. The van der Waals surface area contributed by atoms with Crippen LogP contribution >= 0.6 is 0 Å². The second-order valence-corrected chi connectivity index (χ2v) is 4.00. The minimum absolute atomic E-state index is 0.317. The number of rotatable bonds is 8. The average molecular weight is 232 g/mol. The topological polar surface area (TPSA) is 20.2 Å². The van der Waals surface area contributed by atoms with Crippen LogP contribution in [0.3, 0.4) is 0 Å². The van der Waals surface area contributed by atoms with Gasteiger partial charge in [-0.15, -0.1) is 0 Å². The summed E-state index contributed by atoms with van der Waals surface area (Å²) in [5, 5.41) is 8.60. The number of aliphatic hydroxyl groups is 1. The summed E-state index contributed by atoms with van der Waals surface area (Å²) in [4.78, 5) is 0. The zero-order valence-corrected chi connectivity index (χ0v) is 11.0. The standard InChI is InChI=1S/C16H24O/c1-2-3-4-5-6-7-8-9-10-11-12-13-14-15-16-17/h9-10,17H,2-4,11-16H2,1H3/b10-9-. The van der Waals surface area contributed by atoms with E-state index in [0.29, 0.717) is 6.61 Å². The van der Waals surface area contributed by atoms with Crippen LogP contribution in [0.1, 0.15) is 58.3 Å². The Bertz CT molecular complexity index is 293. The summed E-state index contributed by atoms with van der Waals surface area (Å²) >= 11 is 0. The zero-order chi connectivity index (χ0) is 12.6. The van der Waals surface area contributed by atoms with Crippen LogP contribution in [-0.4, -0.2) is 11.7 Å². The second-order valence-electron chi connectivity index (χ2n) is 4.00. The first-order valence-corrected chi connectivity index (χ1v) is 6.66. The van der Waals surface area contributed by atoms with E-state index in [1.165, 1.54) is 25.7 Å². The predicted octanol–water partition coefficient (Wildman–Crippen LogP) is 3.68. The Morgan fingerprint density at radius 3 is 2.59 bits per heavy atom. The molecule has 0 aromatic carbocycles. The molecule has 0 amide bonds. The van der Waals surface area contributed by atoms with Gasteiger partial charge in [-0.2, -0.15) is 0 Å². The lowest BCUT2D eigenvalue weighted by molar-refractivity contribution is 0.282. The number of aliphatic hydroxyl groups excluding tert-OH is 1. The van der Waals surface area contributed by atoms with Crippen LogP contribution in [-0.2, 0) is 0 Å². The molecule has 1 N–H and O–H groups in total. The Labute approximate surface area is 106 Å². The molecule has 17 heavy (non-hydrogen) atoms. The van der Waals surface area contributed by atoms with Crippen molar-refractivity contribution in [2.45, 2.75) is 58.3 Å². The van der Waals surface area contributed by atoms with Crippen molar-refractivity contribution in [3.63, 3.8) is 0 Å². The van der Waals surface area contributed by atoms with Crippen LogP contribution in [0.4, 0.5) is 0 Å². The molecule has 0 unspecified atom stereocenters. The van der Waals surface area contributed by atoms with Gasteiger partial charge in [-0.25, -0.2) is 0 Å². The third-order valence-electron chi connectivity index (χ3n) is 2.36. The number of allylic oxidation sites excluding steroid dienone is 2. The minimum Gasteiger partial charge on any atom is -0.396 e. The van der Waals surface area contributed by atoms with Crippen LogP contribution < -0.4 is 0 Å². The molecule has 0 saturated carbocycles. The van der Waals surface area contributed by atoms with Gasteiger partial charge in [-0.1, -0.05) is 44.1 Å². The van der Waals surface area contributed by atoms with Gasteiger partial charge >= 0.3 is 0 Å². The zero-order valence-electron chi connectivity index (χ0n) is 11.0. The van der Waals surface area contributed by atoms with E-state index in [1.807, 2.05) is 6.08 Å². The van der Waals surface area contributed by atoms with E-state index in [4.69, 9.17) is 5.11 Å².